The minimum Gasteiger partial charge on any atom is -0.378 e. The Morgan fingerprint density at radius 2 is 2.00 bits per heavy atom. The van der Waals surface area contributed by atoms with Crippen LogP contribution in [0.4, 0.5) is 0 Å². The number of hydrogen-bond acceptors (Lipinski definition) is 3. The second-order valence-corrected chi connectivity index (χ2v) is 7.25. The van der Waals surface area contributed by atoms with Crippen molar-refractivity contribution in [3.05, 3.63) is 54.2 Å². The van der Waals surface area contributed by atoms with Crippen molar-refractivity contribution >= 4 is 16.8 Å². The molecule has 1 saturated heterocycles. The molecule has 0 saturated carbocycles. The number of H-pyrrole nitrogens is 1. The van der Waals surface area contributed by atoms with Gasteiger partial charge in [0, 0.05) is 31.1 Å². The molecule has 2 aromatic carbocycles. The Labute approximate surface area is 159 Å². The van der Waals surface area contributed by atoms with Crippen LogP contribution >= 0.6 is 0 Å². The molecule has 0 radical (unpaired) electrons. The number of aromatic amines is 1. The highest BCUT2D eigenvalue weighted by molar-refractivity contribution is 5.94. The maximum Gasteiger partial charge on any atom is 0.253 e. The summed E-state index contributed by atoms with van der Waals surface area (Å²) in [7, 11) is 1.87. The van der Waals surface area contributed by atoms with Crippen molar-refractivity contribution in [2.45, 2.75) is 31.8 Å². The molecule has 2 heterocycles. The van der Waals surface area contributed by atoms with Gasteiger partial charge in [0.1, 0.15) is 0 Å². The number of hydrogen-bond donors (Lipinski definition) is 1. The average Bonchev–Trinajstić information content (AvgIpc) is 3.20. The van der Waals surface area contributed by atoms with Gasteiger partial charge in [0.15, 0.2) is 0 Å². The molecule has 0 bridgehead atoms. The van der Waals surface area contributed by atoms with Crippen LogP contribution in [0.15, 0.2) is 48.7 Å². The van der Waals surface area contributed by atoms with Gasteiger partial charge < -0.3 is 9.64 Å². The van der Waals surface area contributed by atoms with Crippen molar-refractivity contribution in [3.8, 4) is 11.1 Å². The molecule has 1 atom stereocenters. The maximum atomic E-state index is 12.7. The molecule has 5 heteroatoms. The van der Waals surface area contributed by atoms with E-state index in [-0.39, 0.29) is 5.91 Å². The van der Waals surface area contributed by atoms with E-state index in [2.05, 4.69) is 22.3 Å². The SMILES string of the molecule is CN(CC[C@H]1CCCCO1)C(=O)c1ccc(-c2ccc3cn[nH]c3c2)cc1. The van der Waals surface area contributed by atoms with Crippen LogP contribution in [0.3, 0.4) is 0 Å². The smallest absolute Gasteiger partial charge is 0.253 e. The van der Waals surface area contributed by atoms with Crippen LogP contribution in [0.1, 0.15) is 36.0 Å². The third-order valence-corrected chi connectivity index (χ3v) is 5.31. The Bertz CT molecular complexity index is 911. The normalized spacial score (nSPS) is 17.1. The minimum atomic E-state index is 0.0568. The van der Waals surface area contributed by atoms with Gasteiger partial charge in [-0.1, -0.05) is 24.3 Å². The van der Waals surface area contributed by atoms with Crippen LogP contribution in [-0.4, -0.2) is 47.3 Å². The predicted octanol–water partition coefficient (Wildman–Crippen LogP) is 4.26. The third-order valence-electron chi connectivity index (χ3n) is 5.31. The molecule has 1 aliphatic rings. The molecule has 1 amide bonds. The molecule has 0 spiro atoms. The fourth-order valence-corrected chi connectivity index (χ4v) is 3.62. The van der Waals surface area contributed by atoms with Crippen LogP contribution in [0.5, 0.6) is 0 Å². The van der Waals surface area contributed by atoms with Gasteiger partial charge in [0.2, 0.25) is 0 Å². The first-order valence-electron chi connectivity index (χ1n) is 9.61. The highest BCUT2D eigenvalue weighted by atomic mass is 16.5. The molecule has 1 fully saturated rings. The van der Waals surface area contributed by atoms with Crippen LogP contribution in [0.25, 0.3) is 22.0 Å². The number of rotatable bonds is 5. The lowest BCUT2D eigenvalue weighted by Gasteiger charge is -2.25. The van der Waals surface area contributed by atoms with Crippen LogP contribution in [0.2, 0.25) is 0 Å². The van der Waals surface area contributed by atoms with Crippen molar-refractivity contribution in [1.29, 1.82) is 0 Å². The maximum absolute atomic E-state index is 12.7. The number of aromatic nitrogens is 2. The molecule has 3 aromatic rings. The molecule has 1 aromatic heterocycles. The second-order valence-electron chi connectivity index (χ2n) is 7.25. The molecule has 1 aliphatic heterocycles. The summed E-state index contributed by atoms with van der Waals surface area (Å²) in [5.41, 5.74) is 3.92. The fraction of sp³-hybridized carbons (Fsp3) is 0.364. The topological polar surface area (TPSA) is 58.2 Å². The van der Waals surface area contributed by atoms with Crippen LogP contribution in [-0.2, 0) is 4.74 Å². The molecule has 1 N–H and O–H groups in total. The van der Waals surface area contributed by atoms with Gasteiger partial charge >= 0.3 is 0 Å². The van der Waals surface area contributed by atoms with Crippen LogP contribution in [0, 0.1) is 0 Å². The Morgan fingerprint density at radius 3 is 2.78 bits per heavy atom. The van der Waals surface area contributed by atoms with Gasteiger partial charge in [-0.15, -0.1) is 0 Å². The summed E-state index contributed by atoms with van der Waals surface area (Å²) < 4.78 is 5.76. The highest BCUT2D eigenvalue weighted by Crippen LogP contribution is 2.24. The molecule has 140 valence electrons. The van der Waals surface area contributed by atoms with Crippen molar-refractivity contribution in [1.82, 2.24) is 15.1 Å². The first-order chi connectivity index (χ1) is 13.2. The molecule has 27 heavy (non-hydrogen) atoms. The summed E-state index contributed by atoms with van der Waals surface area (Å²) >= 11 is 0. The number of carbonyl (C=O) groups excluding carboxylic acids is 1. The summed E-state index contributed by atoms with van der Waals surface area (Å²) in [6, 6.07) is 14.0. The average molecular weight is 363 g/mol. The third kappa shape index (κ3) is 4.03. The Morgan fingerprint density at radius 1 is 1.19 bits per heavy atom. The minimum absolute atomic E-state index is 0.0568. The number of amides is 1. The number of fused-ring (bicyclic) bond motifs is 1. The van der Waals surface area contributed by atoms with Crippen molar-refractivity contribution in [2.24, 2.45) is 0 Å². The number of benzene rings is 2. The highest BCUT2D eigenvalue weighted by Gasteiger charge is 2.17. The van der Waals surface area contributed by atoms with E-state index < -0.39 is 0 Å². The first kappa shape index (κ1) is 17.7. The summed E-state index contributed by atoms with van der Waals surface area (Å²) in [6.07, 6.45) is 6.52. The summed E-state index contributed by atoms with van der Waals surface area (Å²) in [5.74, 6) is 0.0568. The molecular formula is C22H25N3O2. The zero-order valence-electron chi connectivity index (χ0n) is 15.6. The van der Waals surface area contributed by atoms with E-state index in [4.69, 9.17) is 4.74 Å². The van der Waals surface area contributed by atoms with Crippen molar-refractivity contribution in [3.63, 3.8) is 0 Å². The standard InChI is InChI=1S/C22H25N3O2/c1-25(12-11-20-4-2-3-13-27-20)22(26)17-7-5-16(6-8-17)18-9-10-19-15-23-24-21(19)14-18/h5-10,14-15,20H,2-4,11-13H2,1H3,(H,23,24)/t20-/m1/s1. The van der Waals surface area contributed by atoms with Crippen LogP contribution < -0.4 is 0 Å². The lowest BCUT2D eigenvalue weighted by Crippen LogP contribution is -2.31. The van der Waals surface area contributed by atoms with E-state index in [1.165, 1.54) is 6.42 Å². The molecule has 5 nitrogen and oxygen atoms in total. The second kappa shape index (κ2) is 7.92. The predicted molar refractivity (Wildman–Crippen MR) is 107 cm³/mol. The van der Waals surface area contributed by atoms with Gasteiger partial charge in [-0.05, 0) is 55.0 Å². The number of nitrogens with zero attached hydrogens (tertiary/aromatic N) is 2. The number of ether oxygens (including phenoxy) is 1. The van der Waals surface area contributed by atoms with E-state index in [0.29, 0.717) is 11.7 Å². The Hall–Kier alpha value is -2.66. The van der Waals surface area contributed by atoms with Gasteiger partial charge in [0.25, 0.3) is 5.91 Å². The van der Waals surface area contributed by atoms with E-state index in [1.54, 1.807) is 4.90 Å². The lowest BCUT2D eigenvalue weighted by molar-refractivity contribution is 0.00709. The van der Waals surface area contributed by atoms with E-state index in [9.17, 15) is 4.79 Å². The molecule has 0 aliphatic carbocycles. The van der Waals surface area contributed by atoms with E-state index in [0.717, 1.165) is 54.4 Å². The zero-order valence-corrected chi connectivity index (χ0v) is 15.6. The Kier molecular flexibility index (Phi) is 5.21. The first-order valence-corrected chi connectivity index (χ1v) is 9.61. The largest absolute Gasteiger partial charge is 0.378 e. The van der Waals surface area contributed by atoms with Gasteiger partial charge in [-0.2, -0.15) is 5.10 Å². The van der Waals surface area contributed by atoms with Crippen molar-refractivity contribution < 1.29 is 9.53 Å². The monoisotopic (exact) mass is 363 g/mol. The molecule has 4 rings (SSSR count). The summed E-state index contributed by atoms with van der Waals surface area (Å²) in [4.78, 5) is 14.5. The number of nitrogens with one attached hydrogen (secondary N) is 1. The fourth-order valence-electron chi connectivity index (χ4n) is 3.62. The zero-order chi connectivity index (χ0) is 18.6. The quantitative estimate of drug-likeness (QED) is 0.737. The summed E-state index contributed by atoms with van der Waals surface area (Å²) in [5, 5.41) is 8.15. The van der Waals surface area contributed by atoms with Gasteiger partial charge in [-0.25, -0.2) is 0 Å². The van der Waals surface area contributed by atoms with E-state index in [1.807, 2.05) is 43.6 Å². The molecule has 0 unspecified atom stereocenters. The van der Waals surface area contributed by atoms with Gasteiger partial charge in [0.05, 0.1) is 17.8 Å². The number of carbonyl (C=O) groups is 1. The summed E-state index contributed by atoms with van der Waals surface area (Å²) in [6.45, 7) is 1.58. The van der Waals surface area contributed by atoms with Gasteiger partial charge in [-0.3, -0.25) is 9.89 Å². The van der Waals surface area contributed by atoms with E-state index >= 15 is 0 Å². The lowest BCUT2D eigenvalue weighted by atomic mass is 10.0. The molecular weight excluding hydrogens is 338 g/mol. The van der Waals surface area contributed by atoms with Crippen molar-refractivity contribution in [2.75, 3.05) is 20.2 Å². The Balaban J connectivity index is 1.40.